The van der Waals surface area contributed by atoms with Crippen LogP contribution in [0.3, 0.4) is 0 Å². The number of aliphatic hydroxyl groups is 1. The van der Waals surface area contributed by atoms with Crippen molar-refractivity contribution in [1.82, 2.24) is 9.55 Å². The molecule has 0 saturated heterocycles. The normalized spacial score (nSPS) is 19.9. The Morgan fingerprint density at radius 1 is 1.16 bits per heavy atom. The van der Waals surface area contributed by atoms with E-state index in [-0.39, 0.29) is 29.7 Å². The first-order chi connectivity index (χ1) is 15.3. The summed E-state index contributed by atoms with van der Waals surface area (Å²) < 4.78 is 41.0. The minimum absolute atomic E-state index is 0.0599. The third kappa shape index (κ3) is 4.38. The summed E-state index contributed by atoms with van der Waals surface area (Å²) in [5.74, 6) is -0.925. The number of alkyl halides is 3. The van der Waals surface area contributed by atoms with Crippen LogP contribution in [0.5, 0.6) is 0 Å². The Bertz CT molecular complexity index is 1220. The number of aromatic amines is 1. The van der Waals surface area contributed by atoms with Gasteiger partial charge >= 0.3 is 6.18 Å². The quantitative estimate of drug-likeness (QED) is 0.636. The fourth-order valence-electron chi connectivity index (χ4n) is 4.17. The predicted molar refractivity (Wildman–Crippen MR) is 110 cm³/mol. The SMILES string of the molecule is O=[C]C1CCC(n2/c(=N/C(=O)c3cccc(C(F)(F)F)c3)[nH]c3ccc(CO)cc32)CC1. The van der Waals surface area contributed by atoms with E-state index in [0.717, 1.165) is 17.6 Å². The third-order valence-electron chi connectivity index (χ3n) is 5.85. The molecule has 4 rings (SSSR count). The zero-order chi connectivity index (χ0) is 22.9. The number of carbonyl (C=O) groups is 1. The summed E-state index contributed by atoms with van der Waals surface area (Å²) in [6, 6.07) is 9.38. The van der Waals surface area contributed by atoms with Crippen LogP contribution in [0.1, 0.15) is 53.2 Å². The number of aromatic nitrogens is 2. The molecule has 0 atom stereocenters. The number of benzene rings is 2. The zero-order valence-electron chi connectivity index (χ0n) is 17.0. The summed E-state index contributed by atoms with van der Waals surface area (Å²) in [4.78, 5) is 31.0. The molecule has 0 spiro atoms. The number of carbonyl (C=O) groups excluding carboxylic acids is 2. The smallest absolute Gasteiger partial charge is 0.392 e. The Morgan fingerprint density at radius 3 is 2.56 bits per heavy atom. The van der Waals surface area contributed by atoms with E-state index in [2.05, 4.69) is 9.98 Å². The molecule has 1 aromatic heterocycles. The Morgan fingerprint density at radius 2 is 1.91 bits per heavy atom. The van der Waals surface area contributed by atoms with E-state index in [1.165, 1.54) is 12.1 Å². The maximum atomic E-state index is 13.0. The molecule has 1 saturated carbocycles. The highest BCUT2D eigenvalue weighted by Crippen LogP contribution is 2.33. The van der Waals surface area contributed by atoms with Crippen molar-refractivity contribution in [1.29, 1.82) is 0 Å². The third-order valence-corrected chi connectivity index (χ3v) is 5.85. The lowest BCUT2D eigenvalue weighted by atomic mass is 9.87. The first-order valence-corrected chi connectivity index (χ1v) is 10.3. The van der Waals surface area contributed by atoms with Gasteiger partial charge in [0.2, 0.25) is 11.9 Å². The number of H-pyrrole nitrogens is 1. The average molecular weight is 444 g/mol. The monoisotopic (exact) mass is 444 g/mol. The summed E-state index contributed by atoms with van der Waals surface area (Å²) in [7, 11) is 0. The molecular formula is C23H21F3N3O3. The van der Waals surface area contributed by atoms with Crippen molar-refractivity contribution in [3.05, 3.63) is 64.8 Å². The van der Waals surface area contributed by atoms with Gasteiger partial charge in [0.05, 0.1) is 23.2 Å². The molecule has 0 unspecified atom stereocenters. The molecule has 1 amide bonds. The van der Waals surface area contributed by atoms with Gasteiger partial charge in [-0.2, -0.15) is 18.2 Å². The van der Waals surface area contributed by atoms with Gasteiger partial charge in [0, 0.05) is 17.5 Å². The molecule has 3 aromatic rings. The van der Waals surface area contributed by atoms with Crippen molar-refractivity contribution in [3.63, 3.8) is 0 Å². The number of rotatable bonds is 4. The van der Waals surface area contributed by atoms with E-state index >= 15 is 0 Å². The Hall–Kier alpha value is -3.20. The van der Waals surface area contributed by atoms with Gasteiger partial charge in [-0.3, -0.25) is 9.59 Å². The van der Waals surface area contributed by atoms with Gasteiger partial charge in [0.25, 0.3) is 5.91 Å². The number of hydrogen-bond donors (Lipinski definition) is 2. The topological polar surface area (TPSA) is 87.5 Å². The van der Waals surface area contributed by atoms with E-state index in [4.69, 9.17) is 0 Å². The molecule has 1 aliphatic rings. The number of hydrogen-bond acceptors (Lipinski definition) is 3. The van der Waals surface area contributed by atoms with Crippen molar-refractivity contribution in [2.75, 3.05) is 0 Å². The van der Waals surface area contributed by atoms with Crippen LogP contribution in [0.2, 0.25) is 0 Å². The lowest BCUT2D eigenvalue weighted by Crippen LogP contribution is -2.28. The Kier molecular flexibility index (Phi) is 6.01. The molecule has 0 bridgehead atoms. The number of amides is 1. The van der Waals surface area contributed by atoms with Crippen LogP contribution in [0.4, 0.5) is 13.2 Å². The fraction of sp³-hybridized carbons (Fsp3) is 0.348. The van der Waals surface area contributed by atoms with Gasteiger partial charge in [-0.1, -0.05) is 12.1 Å². The lowest BCUT2D eigenvalue weighted by Gasteiger charge is -2.26. The van der Waals surface area contributed by atoms with Crippen LogP contribution in [0, 0.1) is 5.92 Å². The molecule has 1 radical (unpaired) electrons. The maximum Gasteiger partial charge on any atom is 0.416 e. The van der Waals surface area contributed by atoms with Crippen molar-refractivity contribution in [2.45, 2.75) is 44.5 Å². The van der Waals surface area contributed by atoms with Gasteiger partial charge in [-0.15, -0.1) is 0 Å². The highest BCUT2D eigenvalue weighted by atomic mass is 19.4. The number of nitrogens with one attached hydrogen (secondary N) is 1. The van der Waals surface area contributed by atoms with Gasteiger partial charge in [-0.05, 0) is 61.6 Å². The second-order valence-electron chi connectivity index (χ2n) is 7.95. The molecule has 2 N–H and O–H groups in total. The van der Waals surface area contributed by atoms with E-state index in [0.29, 0.717) is 36.8 Å². The molecule has 167 valence electrons. The number of fused-ring (bicyclic) bond motifs is 1. The van der Waals surface area contributed by atoms with Crippen LogP contribution in [0.15, 0.2) is 47.5 Å². The van der Waals surface area contributed by atoms with Crippen LogP contribution in [-0.2, 0) is 17.6 Å². The van der Waals surface area contributed by atoms with Crippen molar-refractivity contribution < 1.29 is 27.9 Å². The van der Waals surface area contributed by atoms with E-state index < -0.39 is 17.6 Å². The van der Waals surface area contributed by atoms with Crippen molar-refractivity contribution in [2.24, 2.45) is 10.9 Å². The lowest BCUT2D eigenvalue weighted by molar-refractivity contribution is -0.137. The van der Waals surface area contributed by atoms with E-state index in [9.17, 15) is 27.9 Å². The summed E-state index contributed by atoms with van der Waals surface area (Å²) in [5.41, 5.74) is 1.22. The number of nitrogens with zero attached hydrogens (tertiary/aromatic N) is 2. The second-order valence-corrected chi connectivity index (χ2v) is 7.95. The first-order valence-electron chi connectivity index (χ1n) is 10.3. The molecular weight excluding hydrogens is 423 g/mol. The minimum atomic E-state index is -4.56. The highest BCUT2D eigenvalue weighted by Gasteiger charge is 2.31. The number of halogens is 3. The van der Waals surface area contributed by atoms with Gasteiger partial charge in [0.15, 0.2) is 0 Å². The summed E-state index contributed by atoms with van der Waals surface area (Å²) in [6.07, 6.45) is 0.108. The largest absolute Gasteiger partial charge is 0.416 e. The van der Waals surface area contributed by atoms with Crippen molar-refractivity contribution in [3.8, 4) is 0 Å². The van der Waals surface area contributed by atoms with Crippen LogP contribution >= 0.6 is 0 Å². The maximum absolute atomic E-state index is 13.0. The van der Waals surface area contributed by atoms with Crippen molar-refractivity contribution >= 4 is 23.2 Å². The summed E-state index contributed by atoms with van der Waals surface area (Å²) in [6.45, 7) is -0.163. The van der Waals surface area contributed by atoms with Crippen LogP contribution in [0.25, 0.3) is 11.0 Å². The van der Waals surface area contributed by atoms with Crippen LogP contribution < -0.4 is 5.62 Å². The molecule has 1 fully saturated rings. The molecule has 0 aliphatic heterocycles. The van der Waals surface area contributed by atoms with Gasteiger partial charge in [0.1, 0.15) is 0 Å². The number of aliphatic hydroxyl groups excluding tert-OH is 1. The van der Waals surface area contributed by atoms with Crippen LogP contribution in [-0.4, -0.2) is 26.9 Å². The molecule has 1 heterocycles. The minimum Gasteiger partial charge on any atom is -0.392 e. The molecule has 2 aromatic carbocycles. The Labute approximate surface area is 181 Å². The second kappa shape index (κ2) is 8.74. The highest BCUT2D eigenvalue weighted by molar-refractivity contribution is 5.95. The standard InChI is InChI=1S/C23H21F3N3O3/c24-23(25,26)17-3-1-2-16(11-17)21(32)28-22-27-19-9-6-15(13-31)10-20(19)29(22)18-7-4-14(12-30)5-8-18/h1-3,6,9-11,14,18,31H,4-5,7-8,13H2,(H,27,28,32). The van der Waals surface area contributed by atoms with E-state index in [1.807, 2.05) is 10.9 Å². The molecule has 32 heavy (non-hydrogen) atoms. The average Bonchev–Trinajstić information content (AvgIpc) is 3.15. The molecule has 6 nitrogen and oxygen atoms in total. The molecule has 1 aliphatic carbocycles. The van der Waals surface area contributed by atoms with Gasteiger partial charge in [-0.25, -0.2) is 0 Å². The summed E-state index contributed by atoms with van der Waals surface area (Å²) in [5, 5.41) is 9.53. The first kappa shape index (κ1) is 22.0. The molecule has 9 heteroatoms. The van der Waals surface area contributed by atoms with E-state index in [1.54, 1.807) is 18.2 Å². The van der Waals surface area contributed by atoms with Gasteiger partial charge < -0.3 is 14.7 Å². The zero-order valence-corrected chi connectivity index (χ0v) is 17.0. The predicted octanol–water partition coefficient (Wildman–Crippen LogP) is 4.06. The fourth-order valence-corrected chi connectivity index (χ4v) is 4.17. The number of imidazole rings is 1. The summed E-state index contributed by atoms with van der Waals surface area (Å²) >= 11 is 0. The Balaban J connectivity index is 1.80.